The number of nitro groups is 1. The molecule has 3 N–H and O–H groups in total. The highest BCUT2D eigenvalue weighted by Crippen LogP contribution is 2.33. The average Bonchev–Trinajstić information content (AvgIpc) is 2.62. The van der Waals surface area contributed by atoms with Crippen LogP contribution in [0.15, 0.2) is 41.5 Å². The van der Waals surface area contributed by atoms with E-state index in [1.54, 1.807) is 0 Å². The number of non-ortho nitro benzene ring substituents is 1. The highest BCUT2D eigenvalue weighted by Gasteiger charge is 2.15. The molecule has 26 heavy (non-hydrogen) atoms. The summed E-state index contributed by atoms with van der Waals surface area (Å²) >= 11 is 0. The van der Waals surface area contributed by atoms with Gasteiger partial charge in [-0.25, -0.2) is 5.43 Å². The van der Waals surface area contributed by atoms with E-state index in [0.717, 1.165) is 29.6 Å². The molecule has 0 saturated carbocycles. The number of ether oxygens (including phenoxy) is 1. The van der Waals surface area contributed by atoms with Gasteiger partial charge in [0.1, 0.15) is 0 Å². The lowest BCUT2D eigenvalue weighted by Gasteiger charge is -2.07. The summed E-state index contributed by atoms with van der Waals surface area (Å²) in [7, 11) is 1.28. The van der Waals surface area contributed by atoms with E-state index in [0.29, 0.717) is 0 Å². The van der Waals surface area contributed by atoms with Crippen LogP contribution in [0.25, 0.3) is 0 Å². The van der Waals surface area contributed by atoms with Gasteiger partial charge >= 0.3 is 0 Å². The smallest absolute Gasteiger partial charge is 0.274 e. The number of carbonyl (C=O) groups excluding carboxylic acids is 1. The van der Waals surface area contributed by atoms with Crippen molar-refractivity contribution in [2.45, 2.75) is 6.92 Å². The lowest BCUT2D eigenvalue weighted by Crippen LogP contribution is -2.25. The molecule has 0 aliphatic carbocycles. The quantitative estimate of drug-likeness (QED) is 0.396. The molecule has 0 spiro atoms. The van der Waals surface area contributed by atoms with Gasteiger partial charge in [0.2, 0.25) is 0 Å². The number of benzene rings is 2. The molecule has 9 nitrogen and oxygen atoms in total. The maximum absolute atomic E-state index is 11.8. The molecule has 136 valence electrons. The first-order valence-electron chi connectivity index (χ1n) is 7.58. The van der Waals surface area contributed by atoms with Crippen molar-refractivity contribution >= 4 is 23.5 Å². The molecular weight excluding hydrogens is 340 g/mol. The Morgan fingerprint density at radius 1 is 1.35 bits per heavy atom. The van der Waals surface area contributed by atoms with Crippen LogP contribution in [0.3, 0.4) is 0 Å². The van der Waals surface area contributed by atoms with Gasteiger partial charge in [-0.05, 0) is 19.1 Å². The summed E-state index contributed by atoms with van der Waals surface area (Å²) in [4.78, 5) is 22.1. The fourth-order valence-electron chi connectivity index (χ4n) is 2.04. The van der Waals surface area contributed by atoms with Crippen molar-refractivity contribution in [3.63, 3.8) is 0 Å². The van der Waals surface area contributed by atoms with Crippen molar-refractivity contribution in [1.82, 2.24) is 5.43 Å². The Kier molecular flexibility index (Phi) is 6.10. The third-order valence-electron chi connectivity index (χ3n) is 3.42. The topological polar surface area (TPSA) is 126 Å². The zero-order valence-corrected chi connectivity index (χ0v) is 14.2. The van der Waals surface area contributed by atoms with Crippen molar-refractivity contribution in [1.29, 1.82) is 0 Å². The lowest BCUT2D eigenvalue weighted by atomic mass is 10.2. The molecule has 2 rings (SSSR count). The van der Waals surface area contributed by atoms with Crippen LogP contribution >= 0.6 is 0 Å². The van der Waals surface area contributed by atoms with Crippen molar-refractivity contribution in [3.05, 3.63) is 57.6 Å². The molecular formula is C17H18N4O5. The Labute approximate surface area is 149 Å². The van der Waals surface area contributed by atoms with E-state index in [4.69, 9.17) is 4.74 Å². The van der Waals surface area contributed by atoms with Crippen molar-refractivity contribution in [3.8, 4) is 11.5 Å². The van der Waals surface area contributed by atoms with Gasteiger partial charge < -0.3 is 15.2 Å². The predicted molar refractivity (Wildman–Crippen MR) is 96.7 cm³/mol. The number of hydrogen-bond acceptors (Lipinski definition) is 7. The number of hydrazone groups is 1. The number of nitrogens with zero attached hydrogens (tertiary/aromatic N) is 2. The summed E-state index contributed by atoms with van der Waals surface area (Å²) in [6.07, 6.45) is 1.11. The van der Waals surface area contributed by atoms with E-state index in [1.807, 2.05) is 31.2 Å². The summed E-state index contributed by atoms with van der Waals surface area (Å²) < 4.78 is 4.89. The Morgan fingerprint density at radius 3 is 2.65 bits per heavy atom. The predicted octanol–water partition coefficient (Wildman–Crippen LogP) is 2.18. The second kappa shape index (κ2) is 8.47. The molecule has 0 atom stereocenters. The van der Waals surface area contributed by atoms with E-state index >= 15 is 0 Å². The van der Waals surface area contributed by atoms with Crippen molar-refractivity contribution < 1.29 is 19.6 Å². The third kappa shape index (κ3) is 4.94. The highest BCUT2D eigenvalue weighted by molar-refractivity contribution is 5.88. The Balaban J connectivity index is 1.98. The SMILES string of the molecule is COc1cc([N+](=O)[O-])cc(/C=N\NC(=O)CNc2ccc(C)cc2)c1O. The zero-order chi connectivity index (χ0) is 19.1. The first-order chi connectivity index (χ1) is 12.4. The molecule has 0 aliphatic rings. The lowest BCUT2D eigenvalue weighted by molar-refractivity contribution is -0.385. The first kappa shape index (κ1) is 18.7. The number of amides is 1. The summed E-state index contributed by atoms with van der Waals surface area (Å²) in [5.41, 5.74) is 3.94. The van der Waals surface area contributed by atoms with E-state index in [9.17, 15) is 20.0 Å². The highest BCUT2D eigenvalue weighted by atomic mass is 16.6. The fourth-order valence-corrected chi connectivity index (χ4v) is 2.04. The summed E-state index contributed by atoms with van der Waals surface area (Å²) in [6.45, 7) is 1.95. The van der Waals surface area contributed by atoms with Gasteiger partial charge in [-0.3, -0.25) is 14.9 Å². The maximum atomic E-state index is 11.8. The number of hydrogen-bond donors (Lipinski definition) is 3. The van der Waals surface area contributed by atoms with Gasteiger partial charge in [0.25, 0.3) is 11.6 Å². The molecule has 0 bridgehead atoms. The first-order valence-corrected chi connectivity index (χ1v) is 7.58. The van der Waals surface area contributed by atoms with Crippen LogP contribution in [0, 0.1) is 17.0 Å². The van der Waals surface area contributed by atoms with Gasteiger partial charge in [-0.1, -0.05) is 17.7 Å². The van der Waals surface area contributed by atoms with E-state index in [-0.39, 0.29) is 29.3 Å². The van der Waals surface area contributed by atoms with Crippen molar-refractivity contribution in [2.75, 3.05) is 19.0 Å². The number of nitro benzene ring substituents is 1. The maximum Gasteiger partial charge on any atom is 0.274 e. The molecule has 0 heterocycles. The van der Waals surface area contributed by atoms with Crippen LogP contribution < -0.4 is 15.5 Å². The second-order valence-corrected chi connectivity index (χ2v) is 5.36. The van der Waals surface area contributed by atoms with Crippen LogP contribution in [-0.4, -0.2) is 35.8 Å². The zero-order valence-electron chi connectivity index (χ0n) is 14.2. The molecule has 1 amide bonds. The standard InChI is InChI=1S/C17H18N4O5/c1-11-3-5-13(6-4-11)18-10-16(22)20-19-9-12-7-14(21(24)25)8-15(26-2)17(12)23/h3-9,18,23H,10H2,1-2H3,(H,20,22)/b19-9-. The minimum absolute atomic E-state index is 0.00928. The number of rotatable bonds is 7. The second-order valence-electron chi connectivity index (χ2n) is 5.36. The largest absolute Gasteiger partial charge is 0.504 e. The molecule has 0 fully saturated rings. The van der Waals surface area contributed by atoms with Gasteiger partial charge in [0.05, 0.1) is 30.9 Å². The average molecular weight is 358 g/mol. The number of anilines is 1. The van der Waals surface area contributed by atoms with Gasteiger partial charge in [0.15, 0.2) is 11.5 Å². The van der Waals surface area contributed by atoms with Crippen LogP contribution in [0.4, 0.5) is 11.4 Å². The van der Waals surface area contributed by atoms with Gasteiger partial charge in [-0.15, -0.1) is 0 Å². The summed E-state index contributed by atoms with van der Waals surface area (Å²) in [6, 6.07) is 9.74. The molecule has 0 unspecified atom stereocenters. The Hall–Kier alpha value is -3.62. The van der Waals surface area contributed by atoms with E-state index in [2.05, 4.69) is 15.8 Å². The number of methoxy groups -OCH3 is 1. The summed E-state index contributed by atoms with van der Waals surface area (Å²) in [5, 5.41) is 27.5. The monoisotopic (exact) mass is 358 g/mol. The van der Waals surface area contributed by atoms with Crippen LogP contribution in [-0.2, 0) is 4.79 Å². The number of aromatic hydroxyl groups is 1. The fraction of sp³-hybridized carbons (Fsp3) is 0.176. The summed E-state index contributed by atoms with van der Waals surface area (Å²) in [5.74, 6) is -0.791. The minimum atomic E-state index is -0.622. The number of phenols is 1. The number of phenolic OH excluding ortho intramolecular Hbond substituents is 1. The van der Waals surface area contributed by atoms with Gasteiger partial charge in [0, 0.05) is 17.3 Å². The minimum Gasteiger partial charge on any atom is -0.504 e. The Morgan fingerprint density at radius 2 is 2.04 bits per heavy atom. The van der Waals surface area contributed by atoms with Gasteiger partial charge in [-0.2, -0.15) is 5.10 Å². The molecule has 0 aromatic heterocycles. The number of aryl methyl sites for hydroxylation is 1. The van der Waals surface area contributed by atoms with Crippen molar-refractivity contribution in [2.24, 2.45) is 5.10 Å². The number of nitrogens with one attached hydrogen (secondary N) is 2. The molecule has 2 aromatic carbocycles. The Bertz CT molecular complexity index is 834. The van der Waals surface area contributed by atoms with E-state index < -0.39 is 10.8 Å². The molecule has 9 heteroatoms. The number of carbonyl (C=O) groups is 1. The molecule has 0 aliphatic heterocycles. The molecule has 2 aromatic rings. The van der Waals surface area contributed by atoms with Crippen LogP contribution in [0.5, 0.6) is 11.5 Å². The van der Waals surface area contributed by atoms with E-state index in [1.165, 1.54) is 7.11 Å². The molecule has 0 saturated heterocycles. The van der Waals surface area contributed by atoms with Crippen LogP contribution in [0.2, 0.25) is 0 Å². The third-order valence-corrected chi connectivity index (χ3v) is 3.42. The molecule has 0 radical (unpaired) electrons. The normalized spacial score (nSPS) is 10.5. The van der Waals surface area contributed by atoms with Crippen LogP contribution in [0.1, 0.15) is 11.1 Å².